The van der Waals surface area contributed by atoms with Gasteiger partial charge in [-0.1, -0.05) is 23.7 Å². The molecule has 2 aromatic carbocycles. The zero-order chi connectivity index (χ0) is 18.4. The van der Waals surface area contributed by atoms with Gasteiger partial charge in [-0.25, -0.2) is 9.59 Å². The zero-order valence-electron chi connectivity index (χ0n) is 13.9. The minimum absolute atomic E-state index is 0.326. The molecule has 2 N–H and O–H groups in total. The number of aromatic nitrogens is 1. The van der Waals surface area contributed by atoms with E-state index >= 15 is 0 Å². The van der Waals surface area contributed by atoms with Gasteiger partial charge in [0, 0.05) is 17.3 Å². The summed E-state index contributed by atoms with van der Waals surface area (Å²) < 4.78 is 12.1. The van der Waals surface area contributed by atoms with E-state index in [1.165, 1.54) is 4.57 Å². The molecule has 3 aromatic rings. The molecule has 3 rings (SSSR count). The van der Waals surface area contributed by atoms with Gasteiger partial charge >= 0.3 is 11.8 Å². The number of urea groups is 1. The van der Waals surface area contributed by atoms with Gasteiger partial charge in [-0.15, -0.1) is 0 Å². The van der Waals surface area contributed by atoms with Gasteiger partial charge in [-0.3, -0.25) is 4.57 Å². The Morgan fingerprint density at radius 3 is 2.69 bits per heavy atom. The highest BCUT2D eigenvalue weighted by Crippen LogP contribution is 2.13. The van der Waals surface area contributed by atoms with Crippen LogP contribution in [0.2, 0.25) is 5.02 Å². The fourth-order valence-electron chi connectivity index (χ4n) is 2.43. The monoisotopic (exact) mass is 375 g/mol. The van der Waals surface area contributed by atoms with E-state index in [0.717, 1.165) is 5.52 Å². The maximum absolute atomic E-state index is 11.8. The van der Waals surface area contributed by atoms with Crippen LogP contribution in [0.3, 0.4) is 0 Å². The summed E-state index contributed by atoms with van der Waals surface area (Å²) in [5.41, 5.74) is 1.94. The average molecular weight is 376 g/mol. The second-order valence-corrected chi connectivity index (χ2v) is 5.92. The SMILES string of the molecule is O=C(NCCOCCn1c(=O)oc2ccccc21)Nc1ccc(Cl)cc1. The number of benzene rings is 2. The zero-order valence-corrected chi connectivity index (χ0v) is 14.7. The Balaban J connectivity index is 1.36. The summed E-state index contributed by atoms with van der Waals surface area (Å²) >= 11 is 5.79. The molecule has 1 aromatic heterocycles. The van der Waals surface area contributed by atoms with E-state index in [2.05, 4.69) is 10.6 Å². The molecule has 0 bridgehead atoms. The summed E-state index contributed by atoms with van der Waals surface area (Å²) in [5.74, 6) is -0.407. The van der Waals surface area contributed by atoms with Crippen molar-refractivity contribution in [2.45, 2.75) is 6.54 Å². The molecular formula is C18H18ClN3O4. The van der Waals surface area contributed by atoms with Crippen molar-refractivity contribution in [1.82, 2.24) is 9.88 Å². The van der Waals surface area contributed by atoms with Gasteiger partial charge in [-0.05, 0) is 36.4 Å². The number of halogens is 1. The lowest BCUT2D eigenvalue weighted by Gasteiger charge is -2.08. The van der Waals surface area contributed by atoms with Gasteiger partial charge in [0.1, 0.15) is 0 Å². The number of hydrogen-bond donors (Lipinski definition) is 2. The number of ether oxygens (including phenoxy) is 1. The number of rotatable bonds is 7. The summed E-state index contributed by atoms with van der Waals surface area (Å²) in [5, 5.41) is 5.98. The van der Waals surface area contributed by atoms with Crippen LogP contribution in [0.1, 0.15) is 0 Å². The van der Waals surface area contributed by atoms with Crippen LogP contribution >= 0.6 is 11.6 Å². The quantitative estimate of drug-likeness (QED) is 0.621. The topological polar surface area (TPSA) is 85.5 Å². The van der Waals surface area contributed by atoms with Crippen molar-refractivity contribution >= 4 is 34.4 Å². The smallest absolute Gasteiger partial charge is 0.408 e. The fraction of sp³-hybridized carbons (Fsp3) is 0.222. The second kappa shape index (κ2) is 8.55. The molecule has 0 saturated carbocycles. The third kappa shape index (κ3) is 4.65. The normalized spacial score (nSPS) is 10.8. The largest absolute Gasteiger partial charge is 0.420 e. The first-order valence-corrected chi connectivity index (χ1v) is 8.48. The second-order valence-electron chi connectivity index (χ2n) is 5.49. The van der Waals surface area contributed by atoms with Crippen LogP contribution in [0.15, 0.2) is 57.7 Å². The molecule has 8 heteroatoms. The Morgan fingerprint density at radius 2 is 1.88 bits per heavy atom. The molecule has 0 aliphatic heterocycles. The predicted octanol–water partition coefficient (Wildman–Crippen LogP) is 3.09. The molecule has 0 aliphatic rings. The van der Waals surface area contributed by atoms with Crippen molar-refractivity contribution in [2.75, 3.05) is 25.1 Å². The van der Waals surface area contributed by atoms with Crippen LogP contribution in [-0.4, -0.2) is 30.4 Å². The van der Waals surface area contributed by atoms with E-state index in [1.54, 1.807) is 30.3 Å². The summed E-state index contributed by atoms with van der Waals surface area (Å²) in [7, 11) is 0. The number of fused-ring (bicyclic) bond motifs is 1. The molecule has 0 aliphatic carbocycles. The van der Waals surface area contributed by atoms with Gasteiger partial charge in [0.05, 0.1) is 25.3 Å². The van der Waals surface area contributed by atoms with Gasteiger partial charge in [-0.2, -0.15) is 0 Å². The Hall–Kier alpha value is -2.77. The lowest BCUT2D eigenvalue weighted by Crippen LogP contribution is -2.31. The molecule has 0 spiro atoms. The van der Waals surface area contributed by atoms with E-state index in [4.69, 9.17) is 20.8 Å². The average Bonchev–Trinajstić information content (AvgIpc) is 2.95. The summed E-state index contributed by atoms with van der Waals surface area (Å²) in [6.45, 7) is 1.40. The highest BCUT2D eigenvalue weighted by molar-refractivity contribution is 6.30. The minimum Gasteiger partial charge on any atom is -0.408 e. The van der Waals surface area contributed by atoms with E-state index < -0.39 is 5.76 Å². The molecule has 1 heterocycles. The molecule has 136 valence electrons. The molecule has 0 atom stereocenters. The standard InChI is InChI=1S/C18H18ClN3O4/c19-13-5-7-14(8-6-13)21-17(23)20-9-11-25-12-10-22-15-3-1-2-4-16(15)26-18(22)24/h1-8H,9-12H2,(H2,20,21,23). The maximum atomic E-state index is 11.8. The van der Waals surface area contributed by atoms with E-state index in [0.29, 0.717) is 42.6 Å². The van der Waals surface area contributed by atoms with Crippen LogP contribution in [-0.2, 0) is 11.3 Å². The van der Waals surface area contributed by atoms with Crippen LogP contribution in [0.4, 0.5) is 10.5 Å². The molecule has 0 fully saturated rings. The van der Waals surface area contributed by atoms with Crippen LogP contribution < -0.4 is 16.4 Å². The van der Waals surface area contributed by atoms with E-state index in [1.807, 2.05) is 18.2 Å². The van der Waals surface area contributed by atoms with E-state index in [-0.39, 0.29) is 6.03 Å². The van der Waals surface area contributed by atoms with Crippen LogP contribution in [0.25, 0.3) is 11.1 Å². The number of carbonyl (C=O) groups excluding carboxylic acids is 1. The minimum atomic E-state index is -0.407. The predicted molar refractivity (Wildman–Crippen MR) is 99.8 cm³/mol. The molecule has 2 amide bonds. The summed E-state index contributed by atoms with van der Waals surface area (Å²) in [6.07, 6.45) is 0. The highest BCUT2D eigenvalue weighted by atomic mass is 35.5. The van der Waals surface area contributed by atoms with Crippen molar-refractivity contribution in [3.63, 3.8) is 0 Å². The third-order valence-corrected chi connectivity index (χ3v) is 3.92. The fourth-order valence-corrected chi connectivity index (χ4v) is 2.55. The first kappa shape index (κ1) is 18.0. The number of oxazole rings is 1. The molecular weight excluding hydrogens is 358 g/mol. The number of nitrogens with one attached hydrogen (secondary N) is 2. The maximum Gasteiger partial charge on any atom is 0.420 e. The molecule has 0 radical (unpaired) electrons. The van der Waals surface area contributed by atoms with Crippen LogP contribution in [0.5, 0.6) is 0 Å². The number of amides is 2. The van der Waals surface area contributed by atoms with Gasteiger partial charge < -0.3 is 19.8 Å². The van der Waals surface area contributed by atoms with Crippen molar-refractivity contribution < 1.29 is 13.9 Å². The molecule has 0 unspecified atom stereocenters. The Labute approximate surface area is 154 Å². The van der Waals surface area contributed by atoms with Gasteiger partial charge in [0.2, 0.25) is 0 Å². The van der Waals surface area contributed by atoms with Crippen molar-refractivity contribution in [3.8, 4) is 0 Å². The van der Waals surface area contributed by atoms with Crippen molar-refractivity contribution in [1.29, 1.82) is 0 Å². The van der Waals surface area contributed by atoms with Crippen molar-refractivity contribution in [3.05, 3.63) is 64.1 Å². The lowest BCUT2D eigenvalue weighted by atomic mass is 10.3. The van der Waals surface area contributed by atoms with E-state index in [9.17, 15) is 9.59 Å². The first-order valence-electron chi connectivity index (χ1n) is 8.10. The molecule has 0 saturated heterocycles. The van der Waals surface area contributed by atoms with Crippen molar-refractivity contribution in [2.24, 2.45) is 0 Å². The van der Waals surface area contributed by atoms with Gasteiger partial charge in [0.15, 0.2) is 5.58 Å². The Bertz CT molecular complexity index is 934. The highest BCUT2D eigenvalue weighted by Gasteiger charge is 2.07. The number of para-hydroxylation sites is 2. The summed E-state index contributed by atoms with van der Waals surface area (Å²) in [4.78, 5) is 23.5. The Morgan fingerprint density at radius 1 is 1.12 bits per heavy atom. The van der Waals surface area contributed by atoms with Crippen LogP contribution in [0, 0.1) is 0 Å². The summed E-state index contributed by atoms with van der Waals surface area (Å²) in [6, 6.07) is 13.7. The first-order chi connectivity index (χ1) is 12.6. The number of nitrogens with zero attached hydrogens (tertiary/aromatic N) is 1. The lowest BCUT2D eigenvalue weighted by molar-refractivity contribution is 0.128. The van der Waals surface area contributed by atoms with Gasteiger partial charge in [0.25, 0.3) is 0 Å². The molecule has 26 heavy (non-hydrogen) atoms. The molecule has 7 nitrogen and oxygen atoms in total. The third-order valence-electron chi connectivity index (χ3n) is 3.67. The number of hydrogen-bond acceptors (Lipinski definition) is 4. The number of anilines is 1. The number of carbonyl (C=O) groups is 1. The Kier molecular flexibility index (Phi) is 5.93.